The van der Waals surface area contributed by atoms with Gasteiger partial charge in [-0.15, -0.1) is 0 Å². The lowest BCUT2D eigenvalue weighted by Crippen LogP contribution is -2.32. The molecule has 1 heterocycles. The van der Waals surface area contributed by atoms with E-state index in [1.54, 1.807) is 18.2 Å². The van der Waals surface area contributed by atoms with Crippen molar-refractivity contribution >= 4 is 43.4 Å². The second-order valence-corrected chi connectivity index (χ2v) is 11.4. The Kier molecular flexibility index (Phi) is 8.22. The van der Waals surface area contributed by atoms with Gasteiger partial charge in [0.05, 0.1) is 23.0 Å². The number of hydrogen-bond acceptors (Lipinski definition) is 6. The lowest BCUT2D eigenvalue weighted by Gasteiger charge is -2.20. The van der Waals surface area contributed by atoms with Gasteiger partial charge in [-0.05, 0) is 41.5 Å². The predicted octanol–water partition coefficient (Wildman–Crippen LogP) is 4.39. The van der Waals surface area contributed by atoms with Gasteiger partial charge in [-0.25, -0.2) is 0 Å². The molecule has 0 spiro atoms. The van der Waals surface area contributed by atoms with Gasteiger partial charge in [-0.2, -0.15) is 12.7 Å². The average molecular weight is 560 g/mol. The summed E-state index contributed by atoms with van der Waals surface area (Å²) in [5.41, 5.74) is 10.0. The van der Waals surface area contributed by atoms with Crippen LogP contribution >= 0.6 is 0 Å². The van der Waals surface area contributed by atoms with Gasteiger partial charge in [0.1, 0.15) is 12.4 Å². The topological polar surface area (TPSA) is 133 Å². The van der Waals surface area contributed by atoms with Crippen LogP contribution in [0.4, 0.5) is 11.4 Å². The van der Waals surface area contributed by atoms with Crippen molar-refractivity contribution in [3.8, 4) is 5.75 Å². The molecule has 1 atom stereocenters. The molecule has 5 rings (SSSR count). The van der Waals surface area contributed by atoms with Crippen LogP contribution in [0.25, 0.3) is 21.8 Å². The molecule has 1 aromatic heterocycles. The fourth-order valence-corrected chi connectivity index (χ4v) is 5.46. The maximum absolute atomic E-state index is 12.9. The number of nitrogens with one attached hydrogen (secondary N) is 3. The third kappa shape index (κ3) is 6.37. The Morgan fingerprint density at radius 1 is 0.950 bits per heavy atom. The van der Waals surface area contributed by atoms with Gasteiger partial charge < -0.3 is 25.9 Å². The number of ether oxygens (including phenoxy) is 1. The normalized spacial score (nSPS) is 12.7. The van der Waals surface area contributed by atoms with E-state index in [4.69, 9.17) is 10.5 Å². The summed E-state index contributed by atoms with van der Waals surface area (Å²) in [5.74, 6) is 0.758. The highest BCUT2D eigenvalue weighted by molar-refractivity contribution is 7.90. The molecule has 0 aliphatic heterocycles. The quantitative estimate of drug-likeness (QED) is 0.114. The molecule has 10 heteroatoms. The highest BCUT2D eigenvalue weighted by Gasteiger charge is 2.20. The first-order valence-electron chi connectivity index (χ1n) is 13.0. The standard InChI is InChI=1S/C30H33N5O4S/c1-35(20-21-7-3-2-4-8-21)40(37,38)34-29-17-22(11-14-26(29)31)30(36)19-32-15-16-39-23-12-13-25-24-9-5-6-10-27(24)33-28(25)18-23/h2-14,17-18,30,32-34,36H,15-16,19-20,31H2,1H3. The minimum atomic E-state index is -3.86. The summed E-state index contributed by atoms with van der Waals surface area (Å²) < 4.78 is 35.4. The van der Waals surface area contributed by atoms with Gasteiger partial charge in [0.2, 0.25) is 0 Å². The van der Waals surface area contributed by atoms with Crippen molar-refractivity contribution in [2.24, 2.45) is 0 Å². The number of nitrogen functional groups attached to an aromatic ring is 1. The molecule has 0 fully saturated rings. The molecule has 0 amide bonds. The van der Waals surface area contributed by atoms with E-state index in [2.05, 4.69) is 27.2 Å². The first-order chi connectivity index (χ1) is 19.3. The molecule has 0 saturated carbocycles. The number of aromatic amines is 1. The number of aliphatic hydroxyl groups is 1. The van der Waals surface area contributed by atoms with E-state index in [-0.39, 0.29) is 24.5 Å². The van der Waals surface area contributed by atoms with Crippen LogP contribution in [0.15, 0.2) is 91.0 Å². The molecule has 1 unspecified atom stereocenters. The van der Waals surface area contributed by atoms with Crippen LogP contribution in [0.1, 0.15) is 17.2 Å². The molecule has 208 valence electrons. The van der Waals surface area contributed by atoms with Crippen molar-refractivity contribution in [2.75, 3.05) is 37.2 Å². The van der Waals surface area contributed by atoms with E-state index in [1.165, 1.54) is 16.7 Å². The Labute approximate surface area is 233 Å². The van der Waals surface area contributed by atoms with Gasteiger partial charge >= 0.3 is 10.2 Å². The van der Waals surface area contributed by atoms with Crippen molar-refractivity contribution in [1.29, 1.82) is 0 Å². The molecule has 0 saturated heterocycles. The number of aliphatic hydroxyl groups excluding tert-OH is 1. The number of rotatable bonds is 12. The maximum atomic E-state index is 12.9. The van der Waals surface area contributed by atoms with Gasteiger partial charge in [0, 0.05) is 49.0 Å². The predicted molar refractivity (Wildman–Crippen MR) is 160 cm³/mol. The van der Waals surface area contributed by atoms with Crippen molar-refractivity contribution in [3.05, 3.63) is 102 Å². The van der Waals surface area contributed by atoms with Crippen LogP contribution < -0.4 is 20.5 Å². The van der Waals surface area contributed by atoms with Gasteiger partial charge in [-0.1, -0.05) is 54.6 Å². The number of benzene rings is 4. The van der Waals surface area contributed by atoms with E-state index in [1.807, 2.05) is 60.7 Å². The van der Waals surface area contributed by atoms with E-state index in [0.29, 0.717) is 18.7 Å². The number of aromatic nitrogens is 1. The summed E-state index contributed by atoms with van der Waals surface area (Å²) >= 11 is 0. The minimum absolute atomic E-state index is 0.208. The van der Waals surface area contributed by atoms with Crippen LogP contribution in [-0.4, -0.2) is 49.6 Å². The summed E-state index contributed by atoms with van der Waals surface area (Å²) in [6.45, 7) is 1.40. The second-order valence-electron chi connectivity index (χ2n) is 9.64. The third-order valence-electron chi connectivity index (χ3n) is 6.72. The zero-order chi connectivity index (χ0) is 28.1. The Morgan fingerprint density at radius 2 is 1.70 bits per heavy atom. The minimum Gasteiger partial charge on any atom is -0.492 e. The van der Waals surface area contributed by atoms with E-state index >= 15 is 0 Å². The SMILES string of the molecule is CN(Cc1ccccc1)S(=O)(=O)Nc1cc(C(O)CNCCOc2ccc3c(c2)[nH]c2ccccc23)ccc1N. The number of anilines is 2. The maximum Gasteiger partial charge on any atom is 0.301 e. The van der Waals surface area contributed by atoms with Crippen LogP contribution in [0.5, 0.6) is 5.75 Å². The van der Waals surface area contributed by atoms with Crippen molar-refractivity contribution in [3.63, 3.8) is 0 Å². The molecule has 0 bridgehead atoms. The van der Waals surface area contributed by atoms with Crippen LogP contribution in [0, 0.1) is 0 Å². The second kappa shape index (κ2) is 12.0. The molecular weight excluding hydrogens is 526 g/mol. The zero-order valence-corrected chi connectivity index (χ0v) is 23.0. The summed E-state index contributed by atoms with van der Waals surface area (Å²) in [5, 5.41) is 16.2. The van der Waals surface area contributed by atoms with Gasteiger partial charge in [-0.3, -0.25) is 4.72 Å². The fourth-order valence-electron chi connectivity index (χ4n) is 4.53. The van der Waals surface area contributed by atoms with E-state index in [9.17, 15) is 13.5 Å². The molecule has 4 aromatic carbocycles. The summed E-state index contributed by atoms with van der Waals surface area (Å²) in [6, 6.07) is 28.3. The largest absolute Gasteiger partial charge is 0.492 e. The van der Waals surface area contributed by atoms with Crippen LogP contribution in [-0.2, 0) is 16.8 Å². The summed E-state index contributed by atoms with van der Waals surface area (Å²) in [4.78, 5) is 3.41. The number of H-pyrrole nitrogens is 1. The highest BCUT2D eigenvalue weighted by atomic mass is 32.2. The Bertz CT molecular complexity index is 1710. The molecule has 6 N–H and O–H groups in total. The third-order valence-corrected chi connectivity index (χ3v) is 8.15. The van der Waals surface area contributed by atoms with Gasteiger partial charge in [0.25, 0.3) is 0 Å². The number of hydrogen-bond donors (Lipinski definition) is 5. The van der Waals surface area contributed by atoms with Gasteiger partial charge in [0.15, 0.2) is 0 Å². The van der Waals surface area contributed by atoms with Crippen molar-refractivity contribution in [1.82, 2.24) is 14.6 Å². The first-order valence-corrected chi connectivity index (χ1v) is 14.4. The molecule has 0 aliphatic rings. The molecule has 40 heavy (non-hydrogen) atoms. The summed E-state index contributed by atoms with van der Waals surface area (Å²) in [6.07, 6.45) is -0.867. The number of nitrogens with zero attached hydrogens (tertiary/aromatic N) is 1. The van der Waals surface area contributed by atoms with E-state index < -0.39 is 16.3 Å². The molecule has 5 aromatic rings. The lowest BCUT2D eigenvalue weighted by atomic mass is 10.1. The monoisotopic (exact) mass is 559 g/mol. The van der Waals surface area contributed by atoms with Crippen molar-refractivity contribution < 1.29 is 18.3 Å². The summed E-state index contributed by atoms with van der Waals surface area (Å²) in [7, 11) is -2.37. The highest BCUT2D eigenvalue weighted by Crippen LogP contribution is 2.28. The Balaban J connectivity index is 1.12. The number of para-hydroxylation sites is 1. The fraction of sp³-hybridized carbons (Fsp3) is 0.200. The van der Waals surface area contributed by atoms with E-state index in [0.717, 1.165) is 27.7 Å². The lowest BCUT2D eigenvalue weighted by molar-refractivity contribution is 0.172. The molecule has 9 nitrogen and oxygen atoms in total. The Morgan fingerprint density at radius 3 is 2.52 bits per heavy atom. The number of fused-ring (bicyclic) bond motifs is 3. The smallest absolute Gasteiger partial charge is 0.301 e. The first kappa shape index (κ1) is 27.5. The molecular formula is C30H33N5O4S. The average Bonchev–Trinajstić information content (AvgIpc) is 3.32. The van der Waals surface area contributed by atoms with Crippen LogP contribution in [0.2, 0.25) is 0 Å². The van der Waals surface area contributed by atoms with Crippen molar-refractivity contribution in [2.45, 2.75) is 12.6 Å². The number of nitrogens with two attached hydrogens (primary N) is 1. The Hall–Kier alpha value is -4.09. The van der Waals surface area contributed by atoms with Crippen LogP contribution in [0.3, 0.4) is 0 Å². The zero-order valence-electron chi connectivity index (χ0n) is 22.2. The molecule has 0 radical (unpaired) electrons. The molecule has 0 aliphatic carbocycles.